The van der Waals surface area contributed by atoms with Gasteiger partial charge >= 0.3 is 0 Å². The molecule has 7 heteroatoms. The largest absolute Gasteiger partial charge is 0.368 e. The number of carbonyl (C=O) groups excluding carboxylic acids is 1. The quantitative estimate of drug-likeness (QED) is 0.699. The lowest BCUT2D eigenvalue weighted by molar-refractivity contribution is 0.0750. The molecule has 0 N–H and O–H groups in total. The van der Waals surface area contributed by atoms with E-state index in [9.17, 15) is 4.79 Å². The number of thiazole rings is 1. The summed E-state index contributed by atoms with van der Waals surface area (Å²) in [6.45, 7) is 9.00. The SMILES string of the molecule is Cc1cc(C)n(-c2nc(C)c(C(=O)N3CCN(c4ccccc4)CC3)s2)n1. The summed E-state index contributed by atoms with van der Waals surface area (Å²) in [6, 6.07) is 12.4. The van der Waals surface area contributed by atoms with Crippen LogP contribution in [0.15, 0.2) is 36.4 Å². The van der Waals surface area contributed by atoms with Crippen LogP contribution < -0.4 is 4.90 Å². The van der Waals surface area contributed by atoms with Gasteiger partial charge in [-0.2, -0.15) is 5.10 Å². The van der Waals surface area contributed by atoms with Crippen LogP contribution in [0.1, 0.15) is 26.8 Å². The zero-order chi connectivity index (χ0) is 19.0. The van der Waals surface area contributed by atoms with E-state index in [0.717, 1.165) is 48.4 Å². The number of hydrogen-bond donors (Lipinski definition) is 0. The van der Waals surface area contributed by atoms with Crippen molar-refractivity contribution >= 4 is 22.9 Å². The molecule has 6 nitrogen and oxygen atoms in total. The molecule has 0 saturated carbocycles. The van der Waals surface area contributed by atoms with Crippen molar-refractivity contribution < 1.29 is 4.79 Å². The number of anilines is 1. The van der Waals surface area contributed by atoms with Gasteiger partial charge in [-0.05, 0) is 39.0 Å². The van der Waals surface area contributed by atoms with Crippen LogP contribution in [-0.4, -0.2) is 51.8 Å². The van der Waals surface area contributed by atoms with Gasteiger partial charge in [-0.1, -0.05) is 29.5 Å². The van der Waals surface area contributed by atoms with Gasteiger partial charge in [0.2, 0.25) is 5.13 Å². The lowest BCUT2D eigenvalue weighted by Gasteiger charge is -2.36. The zero-order valence-electron chi connectivity index (χ0n) is 15.8. The van der Waals surface area contributed by atoms with E-state index in [1.165, 1.54) is 17.0 Å². The van der Waals surface area contributed by atoms with Gasteiger partial charge in [0.1, 0.15) is 4.88 Å². The molecule has 0 atom stereocenters. The Morgan fingerprint density at radius 3 is 2.37 bits per heavy atom. The van der Waals surface area contributed by atoms with Crippen molar-refractivity contribution in [2.75, 3.05) is 31.1 Å². The number of rotatable bonds is 3. The number of aryl methyl sites for hydroxylation is 3. The Hall–Kier alpha value is -2.67. The maximum Gasteiger partial charge on any atom is 0.266 e. The Morgan fingerprint density at radius 2 is 1.74 bits per heavy atom. The molecular formula is C20H23N5OS. The van der Waals surface area contributed by atoms with Crippen molar-refractivity contribution in [3.8, 4) is 5.13 Å². The molecule has 140 valence electrons. The number of amides is 1. The Morgan fingerprint density at radius 1 is 1.04 bits per heavy atom. The summed E-state index contributed by atoms with van der Waals surface area (Å²) in [5.41, 5.74) is 3.96. The minimum absolute atomic E-state index is 0.0745. The van der Waals surface area contributed by atoms with Gasteiger partial charge in [0.15, 0.2) is 0 Å². The molecule has 0 spiro atoms. The molecule has 1 aromatic carbocycles. The van der Waals surface area contributed by atoms with Crippen LogP contribution in [0, 0.1) is 20.8 Å². The highest BCUT2D eigenvalue weighted by Crippen LogP contribution is 2.25. The Balaban J connectivity index is 1.48. The van der Waals surface area contributed by atoms with E-state index in [0.29, 0.717) is 4.88 Å². The van der Waals surface area contributed by atoms with Crippen molar-refractivity contribution in [3.63, 3.8) is 0 Å². The Labute approximate surface area is 163 Å². The molecule has 1 aliphatic heterocycles. The van der Waals surface area contributed by atoms with Crippen molar-refractivity contribution in [2.24, 2.45) is 0 Å². The minimum Gasteiger partial charge on any atom is -0.368 e. The molecule has 0 unspecified atom stereocenters. The monoisotopic (exact) mass is 381 g/mol. The summed E-state index contributed by atoms with van der Waals surface area (Å²) in [6.07, 6.45) is 0. The third-order valence-corrected chi connectivity index (χ3v) is 5.98. The van der Waals surface area contributed by atoms with E-state index in [-0.39, 0.29) is 5.91 Å². The van der Waals surface area contributed by atoms with E-state index in [1.807, 2.05) is 54.6 Å². The van der Waals surface area contributed by atoms with Crippen LogP contribution in [0.3, 0.4) is 0 Å². The first-order valence-corrected chi connectivity index (χ1v) is 9.95. The molecule has 1 aliphatic rings. The topological polar surface area (TPSA) is 54.3 Å². The molecule has 1 saturated heterocycles. The Bertz CT molecular complexity index is 954. The van der Waals surface area contributed by atoms with Gasteiger partial charge in [-0.3, -0.25) is 4.79 Å². The summed E-state index contributed by atoms with van der Waals surface area (Å²) >= 11 is 1.42. The fourth-order valence-corrected chi connectivity index (χ4v) is 4.49. The number of piperazine rings is 1. The van der Waals surface area contributed by atoms with Gasteiger partial charge in [-0.15, -0.1) is 0 Å². The van der Waals surface area contributed by atoms with Crippen LogP contribution in [0.2, 0.25) is 0 Å². The molecule has 3 aromatic rings. The molecule has 1 fully saturated rings. The molecule has 2 aromatic heterocycles. The second kappa shape index (κ2) is 7.15. The summed E-state index contributed by atoms with van der Waals surface area (Å²) in [5, 5.41) is 5.24. The predicted octanol–water partition coefficient (Wildman–Crippen LogP) is 3.22. The molecule has 0 radical (unpaired) electrons. The van der Waals surface area contributed by atoms with Gasteiger partial charge in [0.05, 0.1) is 11.4 Å². The second-order valence-electron chi connectivity index (χ2n) is 6.86. The molecule has 3 heterocycles. The summed E-state index contributed by atoms with van der Waals surface area (Å²) in [7, 11) is 0. The smallest absolute Gasteiger partial charge is 0.266 e. The average Bonchev–Trinajstić information content (AvgIpc) is 3.23. The highest BCUT2D eigenvalue weighted by molar-refractivity contribution is 7.16. The fourth-order valence-electron chi connectivity index (χ4n) is 3.44. The maximum atomic E-state index is 13.0. The maximum absolute atomic E-state index is 13.0. The van der Waals surface area contributed by atoms with E-state index >= 15 is 0 Å². The van der Waals surface area contributed by atoms with Crippen LogP contribution in [-0.2, 0) is 0 Å². The number of para-hydroxylation sites is 1. The lowest BCUT2D eigenvalue weighted by atomic mass is 10.2. The number of hydrogen-bond acceptors (Lipinski definition) is 5. The van der Waals surface area contributed by atoms with E-state index in [4.69, 9.17) is 0 Å². The summed E-state index contributed by atoms with van der Waals surface area (Å²) in [5.74, 6) is 0.0745. The van der Waals surface area contributed by atoms with Gasteiger partial charge in [-0.25, -0.2) is 9.67 Å². The number of carbonyl (C=O) groups is 1. The first-order valence-electron chi connectivity index (χ1n) is 9.13. The van der Waals surface area contributed by atoms with Crippen molar-refractivity contribution in [1.29, 1.82) is 0 Å². The van der Waals surface area contributed by atoms with Crippen molar-refractivity contribution in [2.45, 2.75) is 20.8 Å². The van der Waals surface area contributed by atoms with Crippen LogP contribution in [0.4, 0.5) is 5.69 Å². The van der Waals surface area contributed by atoms with Crippen LogP contribution in [0.5, 0.6) is 0 Å². The highest BCUT2D eigenvalue weighted by Gasteiger charge is 2.26. The van der Waals surface area contributed by atoms with E-state index < -0.39 is 0 Å². The number of benzene rings is 1. The molecule has 1 amide bonds. The summed E-state index contributed by atoms with van der Waals surface area (Å²) < 4.78 is 1.82. The van der Waals surface area contributed by atoms with Gasteiger partial charge in [0.25, 0.3) is 5.91 Å². The molecule has 0 aliphatic carbocycles. The zero-order valence-corrected chi connectivity index (χ0v) is 16.7. The van der Waals surface area contributed by atoms with Crippen molar-refractivity contribution in [1.82, 2.24) is 19.7 Å². The molecule has 0 bridgehead atoms. The molecular weight excluding hydrogens is 358 g/mol. The third-order valence-electron chi connectivity index (χ3n) is 4.86. The number of aromatic nitrogens is 3. The number of nitrogens with zero attached hydrogens (tertiary/aromatic N) is 5. The van der Waals surface area contributed by atoms with Gasteiger partial charge < -0.3 is 9.80 Å². The standard InChI is InChI=1S/C20H23N5OS/c1-14-13-15(2)25(22-14)20-21-16(3)18(27-20)19(26)24-11-9-23(10-12-24)17-7-5-4-6-8-17/h4-8,13H,9-12H2,1-3H3. The normalized spacial score (nSPS) is 14.6. The van der Waals surface area contributed by atoms with Crippen molar-refractivity contribution in [3.05, 3.63) is 58.4 Å². The molecule has 4 rings (SSSR count). The summed E-state index contributed by atoms with van der Waals surface area (Å²) in [4.78, 5) is 22.6. The average molecular weight is 382 g/mol. The van der Waals surface area contributed by atoms with Crippen LogP contribution in [0.25, 0.3) is 5.13 Å². The highest BCUT2D eigenvalue weighted by atomic mass is 32.1. The molecule has 27 heavy (non-hydrogen) atoms. The van der Waals surface area contributed by atoms with E-state index in [2.05, 4.69) is 27.1 Å². The van der Waals surface area contributed by atoms with Gasteiger partial charge in [0, 0.05) is 37.6 Å². The second-order valence-corrected chi connectivity index (χ2v) is 7.84. The Kier molecular flexibility index (Phi) is 4.70. The fraction of sp³-hybridized carbons (Fsp3) is 0.350. The third kappa shape index (κ3) is 3.47. The minimum atomic E-state index is 0.0745. The predicted molar refractivity (Wildman–Crippen MR) is 108 cm³/mol. The first kappa shape index (κ1) is 17.7. The van der Waals surface area contributed by atoms with E-state index in [1.54, 1.807) is 0 Å². The van der Waals surface area contributed by atoms with Crippen LogP contribution >= 0.6 is 11.3 Å². The first-order chi connectivity index (χ1) is 13.0. The lowest BCUT2D eigenvalue weighted by Crippen LogP contribution is -2.48.